The van der Waals surface area contributed by atoms with Gasteiger partial charge in [-0.05, 0) is 43.9 Å². The van der Waals surface area contributed by atoms with E-state index in [1.165, 1.54) is 7.11 Å². The first-order chi connectivity index (χ1) is 13.4. The largest absolute Gasteiger partial charge is 0.453 e. The first kappa shape index (κ1) is 19.1. The van der Waals surface area contributed by atoms with E-state index in [1.54, 1.807) is 0 Å². The second-order valence-corrected chi connectivity index (χ2v) is 8.45. The number of alkyl carbamates (subject to hydrolysis) is 1. The van der Waals surface area contributed by atoms with Gasteiger partial charge in [-0.2, -0.15) is 0 Å². The van der Waals surface area contributed by atoms with Crippen molar-refractivity contribution in [3.63, 3.8) is 0 Å². The molecule has 1 N–H and O–H groups in total. The van der Waals surface area contributed by atoms with E-state index in [4.69, 9.17) is 0 Å². The molecule has 1 spiro atoms. The highest BCUT2D eigenvalue weighted by Crippen LogP contribution is 2.56. The van der Waals surface area contributed by atoms with Gasteiger partial charge in [0.15, 0.2) is 0 Å². The third kappa shape index (κ3) is 3.56. The Bertz CT molecular complexity index is 766. The summed E-state index contributed by atoms with van der Waals surface area (Å²) in [4.78, 5) is 29.7. The van der Waals surface area contributed by atoms with Crippen LogP contribution in [0.2, 0.25) is 0 Å². The molecule has 1 aliphatic heterocycles. The summed E-state index contributed by atoms with van der Waals surface area (Å²) in [6.45, 7) is 1.44. The molecule has 2 heterocycles. The van der Waals surface area contributed by atoms with Crippen LogP contribution in [0, 0.1) is 23.0 Å². The Morgan fingerprint density at radius 1 is 1.25 bits per heavy atom. The van der Waals surface area contributed by atoms with Gasteiger partial charge in [0.1, 0.15) is 11.6 Å². The molecular formula is C20H25F2N3O3. The SMILES string of the molecule is COC(=O)NC1CC(C(=O)N2CCC3(CC2)CC(c2ncc(F)cc2F)C3)C1. The van der Waals surface area contributed by atoms with Crippen molar-refractivity contribution in [2.75, 3.05) is 20.2 Å². The van der Waals surface area contributed by atoms with E-state index >= 15 is 0 Å². The van der Waals surface area contributed by atoms with Crippen LogP contribution in [0.15, 0.2) is 12.3 Å². The van der Waals surface area contributed by atoms with Crippen LogP contribution in [0.3, 0.4) is 0 Å². The van der Waals surface area contributed by atoms with Crippen LogP contribution in [0.1, 0.15) is 50.1 Å². The number of carbonyl (C=O) groups excluding carboxylic acids is 2. The fourth-order valence-electron chi connectivity index (χ4n) is 4.94. The summed E-state index contributed by atoms with van der Waals surface area (Å²) in [5.41, 5.74) is 0.516. The maximum atomic E-state index is 13.9. The number of hydrogen-bond acceptors (Lipinski definition) is 4. The number of methoxy groups -OCH3 is 1. The van der Waals surface area contributed by atoms with Crippen LogP contribution in [0.5, 0.6) is 0 Å². The molecule has 0 unspecified atom stereocenters. The maximum Gasteiger partial charge on any atom is 0.407 e. The second-order valence-electron chi connectivity index (χ2n) is 8.45. The molecule has 3 aliphatic rings. The summed E-state index contributed by atoms with van der Waals surface area (Å²) >= 11 is 0. The van der Waals surface area contributed by atoms with Crippen molar-refractivity contribution in [3.8, 4) is 0 Å². The lowest BCUT2D eigenvalue weighted by atomic mass is 9.56. The van der Waals surface area contributed by atoms with Crippen LogP contribution in [0.25, 0.3) is 0 Å². The third-order valence-electron chi connectivity index (χ3n) is 6.71. The monoisotopic (exact) mass is 393 g/mol. The zero-order valence-corrected chi connectivity index (χ0v) is 15.9. The van der Waals surface area contributed by atoms with Crippen LogP contribution < -0.4 is 5.32 Å². The molecule has 0 radical (unpaired) electrons. The van der Waals surface area contributed by atoms with Crippen LogP contribution in [-0.4, -0.2) is 48.1 Å². The molecule has 152 valence electrons. The van der Waals surface area contributed by atoms with Crippen molar-refractivity contribution in [2.45, 2.75) is 50.5 Å². The van der Waals surface area contributed by atoms with Crippen LogP contribution in [-0.2, 0) is 9.53 Å². The molecule has 2 amide bonds. The van der Waals surface area contributed by atoms with Gasteiger partial charge in [0.05, 0.1) is 19.0 Å². The van der Waals surface area contributed by atoms with Crippen molar-refractivity contribution in [2.24, 2.45) is 11.3 Å². The van der Waals surface area contributed by atoms with Gasteiger partial charge in [0.25, 0.3) is 0 Å². The van der Waals surface area contributed by atoms with E-state index in [1.807, 2.05) is 4.90 Å². The predicted octanol–water partition coefficient (Wildman–Crippen LogP) is 2.98. The van der Waals surface area contributed by atoms with E-state index in [0.717, 1.165) is 51.0 Å². The predicted molar refractivity (Wildman–Crippen MR) is 96.4 cm³/mol. The number of pyridine rings is 1. The number of piperidine rings is 1. The van der Waals surface area contributed by atoms with Gasteiger partial charge < -0.3 is 15.0 Å². The average Bonchev–Trinajstić information content (AvgIpc) is 2.62. The fraction of sp³-hybridized carbons (Fsp3) is 0.650. The van der Waals surface area contributed by atoms with Crippen molar-refractivity contribution in [3.05, 3.63) is 29.6 Å². The number of ether oxygens (including phenoxy) is 1. The average molecular weight is 393 g/mol. The Hall–Kier alpha value is -2.25. The zero-order valence-electron chi connectivity index (χ0n) is 15.9. The van der Waals surface area contributed by atoms with E-state index < -0.39 is 17.7 Å². The minimum absolute atomic E-state index is 0.0167. The molecule has 1 aromatic rings. The Morgan fingerprint density at radius 2 is 1.93 bits per heavy atom. The van der Waals surface area contributed by atoms with Crippen LogP contribution in [0.4, 0.5) is 13.6 Å². The van der Waals surface area contributed by atoms with E-state index in [0.29, 0.717) is 18.5 Å². The van der Waals surface area contributed by atoms with Gasteiger partial charge in [0, 0.05) is 37.0 Å². The standard InChI is InChI=1S/C20H25F2N3O3/c1-28-19(27)24-15-6-12(7-15)18(26)25-4-2-20(3-5-25)9-13(10-20)17-16(22)8-14(21)11-23-17/h8,11-13,15H,2-7,9-10H2,1H3,(H,24,27). The second kappa shape index (κ2) is 7.29. The van der Waals surface area contributed by atoms with Gasteiger partial charge in [-0.1, -0.05) is 0 Å². The molecular weight excluding hydrogens is 368 g/mol. The molecule has 8 heteroatoms. The fourth-order valence-corrected chi connectivity index (χ4v) is 4.94. The Labute approximate surface area is 162 Å². The van der Waals surface area contributed by atoms with E-state index in [2.05, 4.69) is 15.0 Å². The van der Waals surface area contributed by atoms with Gasteiger partial charge in [0.2, 0.25) is 5.91 Å². The number of amides is 2. The molecule has 0 aromatic carbocycles. The number of nitrogens with zero attached hydrogens (tertiary/aromatic N) is 2. The molecule has 0 atom stereocenters. The number of hydrogen-bond donors (Lipinski definition) is 1. The number of rotatable bonds is 3. The first-order valence-electron chi connectivity index (χ1n) is 9.83. The van der Waals surface area contributed by atoms with Gasteiger partial charge in [-0.3, -0.25) is 9.78 Å². The highest BCUT2D eigenvalue weighted by atomic mass is 19.1. The first-order valence-corrected chi connectivity index (χ1v) is 9.83. The van der Waals surface area contributed by atoms with Gasteiger partial charge in [-0.15, -0.1) is 0 Å². The summed E-state index contributed by atoms with van der Waals surface area (Å²) < 4.78 is 31.5. The quantitative estimate of drug-likeness (QED) is 0.857. The number of nitrogens with one attached hydrogen (secondary N) is 1. The number of carbonyl (C=O) groups is 2. The lowest BCUT2D eigenvalue weighted by molar-refractivity contribution is -0.142. The summed E-state index contributed by atoms with van der Waals surface area (Å²) in [6, 6.07) is 0.915. The Morgan fingerprint density at radius 3 is 2.54 bits per heavy atom. The van der Waals surface area contributed by atoms with Gasteiger partial charge in [-0.25, -0.2) is 13.6 Å². The molecule has 6 nitrogen and oxygen atoms in total. The maximum absolute atomic E-state index is 13.9. The minimum Gasteiger partial charge on any atom is -0.453 e. The van der Waals surface area contributed by atoms with Crippen molar-refractivity contribution in [1.82, 2.24) is 15.2 Å². The zero-order chi connectivity index (χ0) is 19.9. The smallest absolute Gasteiger partial charge is 0.407 e. The van der Waals surface area contributed by atoms with Crippen molar-refractivity contribution >= 4 is 12.0 Å². The third-order valence-corrected chi connectivity index (χ3v) is 6.71. The van der Waals surface area contributed by atoms with Crippen molar-refractivity contribution < 1.29 is 23.1 Å². The molecule has 3 fully saturated rings. The topological polar surface area (TPSA) is 71.5 Å². The number of halogens is 2. The minimum atomic E-state index is -0.651. The Balaban J connectivity index is 1.24. The van der Waals surface area contributed by atoms with Crippen molar-refractivity contribution in [1.29, 1.82) is 0 Å². The van der Waals surface area contributed by atoms with Gasteiger partial charge >= 0.3 is 6.09 Å². The highest BCUT2D eigenvalue weighted by molar-refractivity contribution is 5.80. The normalized spacial score (nSPS) is 26.3. The molecule has 1 saturated heterocycles. The number of likely N-dealkylation sites (tertiary alicyclic amines) is 1. The summed E-state index contributed by atoms with van der Waals surface area (Å²) in [5, 5.41) is 2.72. The summed E-state index contributed by atoms with van der Waals surface area (Å²) in [5.74, 6) is -1.03. The molecule has 4 rings (SSSR count). The summed E-state index contributed by atoms with van der Waals surface area (Å²) in [6.07, 6.45) is 5.45. The summed E-state index contributed by atoms with van der Waals surface area (Å²) in [7, 11) is 1.33. The molecule has 2 aliphatic carbocycles. The Kier molecular flexibility index (Phi) is 4.97. The molecule has 2 saturated carbocycles. The lowest BCUT2D eigenvalue weighted by Crippen LogP contribution is -2.54. The van der Waals surface area contributed by atoms with Crippen LogP contribution >= 0.6 is 0 Å². The molecule has 28 heavy (non-hydrogen) atoms. The van der Waals surface area contributed by atoms with E-state index in [9.17, 15) is 18.4 Å². The highest BCUT2D eigenvalue weighted by Gasteiger charge is 2.49. The number of aromatic nitrogens is 1. The molecule has 1 aromatic heterocycles. The van der Waals surface area contributed by atoms with E-state index in [-0.39, 0.29) is 29.2 Å². The lowest BCUT2D eigenvalue weighted by Gasteiger charge is -2.52. The molecule has 0 bridgehead atoms.